The highest BCUT2D eigenvalue weighted by Gasteiger charge is 2.10. The summed E-state index contributed by atoms with van der Waals surface area (Å²) >= 11 is 0. The Morgan fingerprint density at radius 3 is 2.64 bits per heavy atom. The van der Waals surface area contributed by atoms with Gasteiger partial charge in [0.25, 0.3) is 0 Å². The molecule has 0 saturated carbocycles. The molecule has 2 aromatic carbocycles. The number of furan rings is 1. The van der Waals surface area contributed by atoms with Crippen LogP contribution in [0.3, 0.4) is 0 Å². The second-order valence-electron chi connectivity index (χ2n) is 5.65. The first-order chi connectivity index (χ1) is 10.6. The van der Waals surface area contributed by atoms with E-state index in [1.54, 1.807) is 12.1 Å². The van der Waals surface area contributed by atoms with Crippen LogP contribution < -0.4 is 0 Å². The number of rotatable bonds is 1. The average molecular weight is 289 g/mol. The maximum absolute atomic E-state index is 9.55. The Balaban J connectivity index is 1.94. The first-order valence-electron chi connectivity index (χ1n) is 7.21. The Kier molecular flexibility index (Phi) is 2.70. The van der Waals surface area contributed by atoms with E-state index in [9.17, 15) is 5.11 Å². The fourth-order valence-corrected chi connectivity index (χ4v) is 2.80. The van der Waals surface area contributed by atoms with Crippen molar-refractivity contribution in [2.75, 3.05) is 0 Å². The minimum atomic E-state index is 0.205. The van der Waals surface area contributed by atoms with E-state index in [0.717, 1.165) is 27.6 Å². The Morgan fingerprint density at radius 2 is 1.77 bits per heavy atom. The highest BCUT2D eigenvalue weighted by Crippen LogP contribution is 2.32. The minimum Gasteiger partial charge on any atom is -0.508 e. The van der Waals surface area contributed by atoms with Gasteiger partial charge in [-0.1, -0.05) is 12.1 Å². The molecule has 0 unspecified atom stereocenters. The number of phenolic OH excluding ortho intramolecular Hbond substituents is 1. The van der Waals surface area contributed by atoms with Crippen LogP contribution in [0.25, 0.3) is 33.2 Å². The molecule has 2 aromatic heterocycles. The van der Waals surface area contributed by atoms with E-state index >= 15 is 0 Å². The number of benzene rings is 2. The van der Waals surface area contributed by atoms with E-state index in [1.165, 1.54) is 11.1 Å². The largest absolute Gasteiger partial charge is 0.508 e. The lowest BCUT2D eigenvalue weighted by molar-refractivity contribution is 0.474. The smallest absolute Gasteiger partial charge is 0.138 e. The van der Waals surface area contributed by atoms with E-state index in [2.05, 4.69) is 37.0 Å². The van der Waals surface area contributed by atoms with E-state index in [4.69, 9.17) is 4.42 Å². The van der Waals surface area contributed by atoms with Crippen LogP contribution in [-0.4, -0.2) is 10.1 Å². The lowest BCUT2D eigenvalue weighted by Crippen LogP contribution is -1.87. The molecule has 0 radical (unpaired) electrons. The van der Waals surface area contributed by atoms with Gasteiger partial charge in [-0.3, -0.25) is 4.98 Å². The maximum Gasteiger partial charge on any atom is 0.138 e. The van der Waals surface area contributed by atoms with Gasteiger partial charge in [-0.2, -0.15) is 0 Å². The average Bonchev–Trinajstić information content (AvgIpc) is 2.94. The number of aromatic hydroxyl groups is 1. The summed E-state index contributed by atoms with van der Waals surface area (Å²) in [4.78, 5) is 4.60. The third-order valence-electron chi connectivity index (χ3n) is 4.06. The zero-order valence-corrected chi connectivity index (χ0v) is 12.4. The predicted molar refractivity (Wildman–Crippen MR) is 88.1 cm³/mol. The van der Waals surface area contributed by atoms with Crippen LogP contribution in [0.1, 0.15) is 11.1 Å². The van der Waals surface area contributed by atoms with Gasteiger partial charge in [-0.05, 0) is 49.2 Å². The summed E-state index contributed by atoms with van der Waals surface area (Å²) in [6, 6.07) is 13.4. The van der Waals surface area contributed by atoms with E-state index in [-0.39, 0.29) is 5.75 Å². The first-order valence-corrected chi connectivity index (χ1v) is 7.21. The van der Waals surface area contributed by atoms with E-state index < -0.39 is 0 Å². The molecule has 0 aliphatic heterocycles. The molecule has 0 amide bonds. The summed E-state index contributed by atoms with van der Waals surface area (Å²) < 4.78 is 5.85. The van der Waals surface area contributed by atoms with Gasteiger partial charge in [-0.15, -0.1) is 0 Å². The standard InChI is InChI=1S/C19H15NO2/c1-11-3-4-12(2)19-16(11)7-14(10-20-19)17-8-13-5-6-15(21)9-18(13)22-17/h3-10,21H,1-2H3. The van der Waals surface area contributed by atoms with Crippen molar-refractivity contribution in [3.63, 3.8) is 0 Å². The lowest BCUT2D eigenvalue weighted by Gasteiger charge is -2.06. The summed E-state index contributed by atoms with van der Waals surface area (Å²) in [5.74, 6) is 0.965. The molecule has 4 aromatic rings. The molecule has 1 N–H and O–H groups in total. The van der Waals surface area contributed by atoms with Gasteiger partial charge in [0.05, 0.1) is 5.52 Å². The Hall–Kier alpha value is -2.81. The maximum atomic E-state index is 9.55. The van der Waals surface area contributed by atoms with Gasteiger partial charge in [0.1, 0.15) is 17.1 Å². The fraction of sp³-hybridized carbons (Fsp3) is 0.105. The second-order valence-corrected chi connectivity index (χ2v) is 5.65. The fourth-order valence-electron chi connectivity index (χ4n) is 2.80. The van der Waals surface area contributed by atoms with Crippen LogP contribution in [0.5, 0.6) is 5.75 Å². The van der Waals surface area contributed by atoms with Gasteiger partial charge in [0.15, 0.2) is 0 Å². The van der Waals surface area contributed by atoms with E-state index in [0.29, 0.717) is 5.58 Å². The number of aromatic nitrogens is 1. The molecule has 0 bridgehead atoms. The summed E-state index contributed by atoms with van der Waals surface area (Å²) in [5.41, 5.74) is 5.01. The van der Waals surface area contributed by atoms with Crippen molar-refractivity contribution in [3.05, 3.63) is 59.8 Å². The number of aryl methyl sites for hydroxylation is 2. The third kappa shape index (κ3) is 1.94. The molecule has 0 aliphatic carbocycles. The van der Waals surface area contributed by atoms with Crippen molar-refractivity contribution in [2.24, 2.45) is 0 Å². The highest BCUT2D eigenvalue weighted by atomic mass is 16.3. The van der Waals surface area contributed by atoms with Crippen LogP contribution in [-0.2, 0) is 0 Å². The number of fused-ring (bicyclic) bond motifs is 2. The van der Waals surface area contributed by atoms with Crippen molar-refractivity contribution < 1.29 is 9.52 Å². The monoisotopic (exact) mass is 289 g/mol. The van der Waals surface area contributed by atoms with Crippen LogP contribution in [0.4, 0.5) is 0 Å². The predicted octanol–water partition coefficient (Wildman–Crippen LogP) is 4.97. The quantitative estimate of drug-likeness (QED) is 0.538. The van der Waals surface area contributed by atoms with Crippen LogP contribution in [0.2, 0.25) is 0 Å². The molecule has 3 heteroatoms. The molecule has 0 spiro atoms. The van der Waals surface area contributed by atoms with Crippen molar-refractivity contribution in [3.8, 4) is 17.1 Å². The molecule has 108 valence electrons. The topological polar surface area (TPSA) is 46.3 Å². The van der Waals surface area contributed by atoms with Crippen LogP contribution >= 0.6 is 0 Å². The number of hydrogen-bond donors (Lipinski definition) is 1. The Bertz CT molecular complexity index is 1010. The van der Waals surface area contributed by atoms with Gasteiger partial charge in [-0.25, -0.2) is 0 Å². The summed E-state index contributed by atoms with van der Waals surface area (Å²) in [5, 5.41) is 11.7. The molecule has 0 atom stereocenters. The van der Waals surface area contributed by atoms with Crippen molar-refractivity contribution >= 4 is 21.9 Å². The third-order valence-corrected chi connectivity index (χ3v) is 4.06. The van der Waals surface area contributed by atoms with Crippen LogP contribution in [0, 0.1) is 13.8 Å². The lowest BCUT2D eigenvalue weighted by atomic mass is 10.0. The number of phenols is 1. The van der Waals surface area contributed by atoms with E-state index in [1.807, 2.05) is 18.3 Å². The summed E-state index contributed by atoms with van der Waals surface area (Å²) in [6.45, 7) is 4.16. The number of pyridine rings is 1. The van der Waals surface area contributed by atoms with Gasteiger partial charge >= 0.3 is 0 Å². The summed E-state index contributed by atoms with van der Waals surface area (Å²) in [7, 11) is 0. The molecular formula is C19H15NO2. The van der Waals surface area contributed by atoms with Gasteiger partial charge < -0.3 is 9.52 Å². The Labute approximate surface area is 127 Å². The molecule has 0 fully saturated rings. The SMILES string of the molecule is Cc1ccc(C)c2ncc(-c3cc4ccc(O)cc4o3)cc12. The molecule has 4 rings (SSSR count). The molecule has 22 heavy (non-hydrogen) atoms. The van der Waals surface area contributed by atoms with Crippen molar-refractivity contribution in [2.45, 2.75) is 13.8 Å². The molecule has 0 aliphatic rings. The molecule has 2 heterocycles. The highest BCUT2D eigenvalue weighted by molar-refractivity contribution is 5.90. The zero-order valence-electron chi connectivity index (χ0n) is 12.4. The minimum absolute atomic E-state index is 0.205. The molecule has 0 saturated heterocycles. The van der Waals surface area contributed by atoms with Gasteiger partial charge in [0.2, 0.25) is 0 Å². The molecule has 3 nitrogen and oxygen atoms in total. The molecular weight excluding hydrogens is 274 g/mol. The zero-order chi connectivity index (χ0) is 15.3. The Morgan fingerprint density at radius 1 is 0.955 bits per heavy atom. The van der Waals surface area contributed by atoms with Crippen molar-refractivity contribution in [1.29, 1.82) is 0 Å². The number of nitrogens with zero attached hydrogens (tertiary/aromatic N) is 1. The van der Waals surface area contributed by atoms with Gasteiger partial charge in [0, 0.05) is 28.6 Å². The normalized spacial score (nSPS) is 11.4. The van der Waals surface area contributed by atoms with Crippen LogP contribution in [0.15, 0.2) is 53.1 Å². The first kappa shape index (κ1) is 12.9. The second kappa shape index (κ2) is 4.60. The number of hydrogen-bond acceptors (Lipinski definition) is 3. The summed E-state index contributed by atoms with van der Waals surface area (Å²) in [6.07, 6.45) is 1.84. The van der Waals surface area contributed by atoms with Crippen molar-refractivity contribution in [1.82, 2.24) is 4.98 Å².